The zero-order chi connectivity index (χ0) is 14.9. The molecule has 3 fully saturated rings. The molecule has 120 valence electrons. The second-order valence-corrected chi connectivity index (χ2v) is 6.40. The van der Waals surface area contributed by atoms with E-state index in [1.807, 2.05) is 0 Å². The van der Waals surface area contributed by atoms with Gasteiger partial charge in [0.05, 0.1) is 25.7 Å². The summed E-state index contributed by atoms with van der Waals surface area (Å²) in [6.07, 6.45) is 3.67. The molecular weight excluding hydrogens is 276 g/mol. The van der Waals surface area contributed by atoms with Crippen LogP contribution in [0.2, 0.25) is 0 Å². The number of aliphatic hydroxyl groups is 1. The Labute approximate surface area is 124 Å². The highest BCUT2D eigenvalue weighted by Gasteiger charge is 2.45. The molecule has 2 saturated heterocycles. The smallest absolute Gasteiger partial charge is 0.309 e. The maximum atomic E-state index is 12.3. The van der Waals surface area contributed by atoms with Crippen LogP contribution in [0.3, 0.4) is 0 Å². The summed E-state index contributed by atoms with van der Waals surface area (Å²) < 4.78 is 21.1. The third-order valence-corrected chi connectivity index (χ3v) is 4.53. The van der Waals surface area contributed by atoms with Crippen molar-refractivity contribution < 1.29 is 28.8 Å². The number of esters is 1. The molecule has 0 aromatic heterocycles. The highest BCUT2D eigenvalue weighted by Crippen LogP contribution is 2.39. The summed E-state index contributed by atoms with van der Waals surface area (Å²) in [5.41, 5.74) is 0. The molecule has 1 saturated carbocycles. The molecule has 5 atom stereocenters. The number of hydrogen-bond donors (Lipinski definition) is 1. The van der Waals surface area contributed by atoms with Crippen LogP contribution in [0, 0.1) is 11.8 Å². The van der Waals surface area contributed by atoms with E-state index in [0.717, 1.165) is 25.7 Å². The van der Waals surface area contributed by atoms with Crippen molar-refractivity contribution in [1.29, 1.82) is 0 Å². The Bertz CT molecular complexity index is 374. The molecular formula is C15H24O6. The third-order valence-electron chi connectivity index (χ3n) is 4.53. The molecule has 21 heavy (non-hydrogen) atoms. The predicted octanol–water partition coefficient (Wildman–Crippen LogP) is 0.859. The molecule has 6 heteroatoms. The first-order valence-corrected chi connectivity index (χ1v) is 7.82. The van der Waals surface area contributed by atoms with Crippen LogP contribution in [0.4, 0.5) is 0 Å². The van der Waals surface area contributed by atoms with E-state index in [0.29, 0.717) is 26.4 Å². The van der Waals surface area contributed by atoms with Crippen molar-refractivity contribution in [2.75, 3.05) is 26.4 Å². The van der Waals surface area contributed by atoms with E-state index in [2.05, 4.69) is 0 Å². The second-order valence-electron chi connectivity index (χ2n) is 6.40. The molecule has 1 aliphatic carbocycles. The highest BCUT2D eigenvalue weighted by molar-refractivity contribution is 5.73. The van der Waals surface area contributed by atoms with E-state index in [1.54, 1.807) is 6.92 Å². The lowest BCUT2D eigenvalue weighted by molar-refractivity contribution is -0.243. The summed E-state index contributed by atoms with van der Waals surface area (Å²) in [7, 11) is 0. The Hall–Kier alpha value is -0.690. The molecule has 0 radical (unpaired) electrons. The monoisotopic (exact) mass is 300 g/mol. The summed E-state index contributed by atoms with van der Waals surface area (Å²) in [6, 6.07) is 0. The minimum absolute atomic E-state index is 0.0692. The van der Waals surface area contributed by atoms with Crippen LogP contribution >= 0.6 is 0 Å². The van der Waals surface area contributed by atoms with Crippen molar-refractivity contribution >= 4 is 5.97 Å². The van der Waals surface area contributed by atoms with Crippen LogP contribution in [0.1, 0.15) is 32.6 Å². The number of hydrogen-bond acceptors (Lipinski definition) is 6. The number of ether oxygens (including phenoxy) is 4. The molecule has 0 aromatic carbocycles. The van der Waals surface area contributed by atoms with Gasteiger partial charge in [-0.25, -0.2) is 0 Å². The lowest BCUT2D eigenvalue weighted by Crippen LogP contribution is -2.46. The Kier molecular flexibility index (Phi) is 4.49. The van der Waals surface area contributed by atoms with Crippen molar-refractivity contribution in [3.05, 3.63) is 0 Å². The lowest BCUT2D eigenvalue weighted by Gasteiger charge is -2.39. The van der Waals surface area contributed by atoms with Gasteiger partial charge in [0.1, 0.15) is 18.8 Å². The van der Waals surface area contributed by atoms with Crippen molar-refractivity contribution in [3.63, 3.8) is 0 Å². The van der Waals surface area contributed by atoms with E-state index in [4.69, 9.17) is 18.9 Å². The average Bonchev–Trinajstić information content (AvgIpc) is 3.37. The van der Waals surface area contributed by atoms with Crippen molar-refractivity contribution in [2.45, 2.75) is 50.6 Å². The van der Waals surface area contributed by atoms with Gasteiger partial charge in [-0.1, -0.05) is 12.8 Å². The summed E-state index contributed by atoms with van der Waals surface area (Å²) in [5.74, 6) is -2.07. The van der Waals surface area contributed by atoms with E-state index in [9.17, 15) is 9.90 Å². The standard InChI is InChI=1S/C15H24O6/c1-15(17,21-9-11-7-19-11)13-5-3-2-4-12(13)14(16)20-8-10-6-18-10/h10-13,17H,2-9H2,1H3. The fourth-order valence-electron chi connectivity index (χ4n) is 3.03. The first-order valence-electron chi connectivity index (χ1n) is 7.82. The summed E-state index contributed by atoms with van der Waals surface area (Å²) in [5, 5.41) is 10.6. The first-order chi connectivity index (χ1) is 10.1. The Morgan fingerprint density at radius 1 is 1.19 bits per heavy atom. The van der Waals surface area contributed by atoms with Crippen LogP contribution in [0.5, 0.6) is 0 Å². The number of epoxide rings is 2. The van der Waals surface area contributed by atoms with Crippen LogP contribution in [-0.4, -0.2) is 55.5 Å². The van der Waals surface area contributed by atoms with Crippen LogP contribution in [0.25, 0.3) is 0 Å². The first kappa shape index (κ1) is 15.2. The van der Waals surface area contributed by atoms with E-state index >= 15 is 0 Å². The van der Waals surface area contributed by atoms with Crippen LogP contribution in [-0.2, 0) is 23.7 Å². The van der Waals surface area contributed by atoms with Crippen molar-refractivity contribution in [3.8, 4) is 0 Å². The molecule has 5 unspecified atom stereocenters. The van der Waals surface area contributed by atoms with Gasteiger partial charge in [-0.3, -0.25) is 4.79 Å². The van der Waals surface area contributed by atoms with Gasteiger partial charge in [-0.2, -0.15) is 0 Å². The molecule has 0 spiro atoms. The topological polar surface area (TPSA) is 80.8 Å². The Morgan fingerprint density at radius 3 is 2.48 bits per heavy atom. The summed E-state index contributed by atoms with van der Waals surface area (Å²) >= 11 is 0. The van der Waals surface area contributed by atoms with Gasteiger partial charge in [0.15, 0.2) is 5.79 Å². The zero-order valence-electron chi connectivity index (χ0n) is 12.5. The molecule has 0 amide bonds. The van der Waals surface area contributed by atoms with E-state index < -0.39 is 5.79 Å². The number of carbonyl (C=O) groups is 1. The SMILES string of the molecule is CC(O)(OCC1CO1)C1CCCCC1C(=O)OCC1CO1. The minimum Gasteiger partial charge on any atom is -0.463 e. The van der Waals surface area contributed by atoms with Crippen LogP contribution < -0.4 is 0 Å². The fraction of sp³-hybridized carbons (Fsp3) is 0.933. The second kappa shape index (κ2) is 6.20. The lowest BCUT2D eigenvalue weighted by atomic mass is 9.75. The van der Waals surface area contributed by atoms with Crippen molar-refractivity contribution in [1.82, 2.24) is 0 Å². The average molecular weight is 300 g/mol. The van der Waals surface area contributed by atoms with Gasteiger partial charge in [-0.05, 0) is 19.8 Å². The maximum Gasteiger partial charge on any atom is 0.309 e. The van der Waals surface area contributed by atoms with Gasteiger partial charge in [0, 0.05) is 5.92 Å². The molecule has 3 aliphatic rings. The van der Waals surface area contributed by atoms with Gasteiger partial charge in [-0.15, -0.1) is 0 Å². The van der Waals surface area contributed by atoms with E-state index in [1.165, 1.54) is 0 Å². The normalized spacial score (nSPS) is 37.6. The molecule has 3 rings (SSSR count). The summed E-state index contributed by atoms with van der Waals surface area (Å²) in [6.45, 7) is 3.70. The third kappa shape index (κ3) is 4.16. The van der Waals surface area contributed by atoms with Crippen LogP contribution in [0.15, 0.2) is 0 Å². The molecule has 6 nitrogen and oxygen atoms in total. The minimum atomic E-state index is -1.31. The maximum absolute atomic E-state index is 12.3. The molecule has 2 aliphatic heterocycles. The van der Waals surface area contributed by atoms with Gasteiger partial charge in [0.2, 0.25) is 0 Å². The number of rotatable bonds is 7. The summed E-state index contributed by atoms with van der Waals surface area (Å²) in [4.78, 5) is 12.3. The molecule has 1 N–H and O–H groups in total. The largest absolute Gasteiger partial charge is 0.463 e. The Morgan fingerprint density at radius 2 is 1.81 bits per heavy atom. The predicted molar refractivity (Wildman–Crippen MR) is 72.5 cm³/mol. The highest BCUT2D eigenvalue weighted by atomic mass is 16.7. The van der Waals surface area contributed by atoms with Gasteiger partial charge in [0.25, 0.3) is 0 Å². The van der Waals surface area contributed by atoms with Gasteiger partial charge < -0.3 is 24.1 Å². The number of carbonyl (C=O) groups excluding carboxylic acids is 1. The van der Waals surface area contributed by atoms with Gasteiger partial charge >= 0.3 is 5.97 Å². The Balaban J connectivity index is 1.56. The molecule has 0 aromatic rings. The zero-order valence-corrected chi connectivity index (χ0v) is 12.5. The quantitative estimate of drug-likeness (QED) is 0.427. The molecule has 0 bridgehead atoms. The van der Waals surface area contributed by atoms with Crippen molar-refractivity contribution in [2.24, 2.45) is 11.8 Å². The molecule has 2 heterocycles. The fourth-order valence-corrected chi connectivity index (χ4v) is 3.03. The van der Waals surface area contributed by atoms with E-state index in [-0.39, 0.29) is 30.0 Å².